The van der Waals surface area contributed by atoms with Gasteiger partial charge in [-0.2, -0.15) is 5.10 Å². The van der Waals surface area contributed by atoms with Gasteiger partial charge in [0.25, 0.3) is 0 Å². The van der Waals surface area contributed by atoms with Crippen LogP contribution >= 0.6 is 0 Å². The van der Waals surface area contributed by atoms with Crippen LogP contribution in [-0.4, -0.2) is 37.0 Å². The van der Waals surface area contributed by atoms with Crippen molar-refractivity contribution in [3.05, 3.63) is 41.2 Å². The number of ether oxygens (including phenoxy) is 1. The molecule has 1 heterocycles. The standard InChI is InChI=1S/C14H15F2N3O2/c1-8-10(14(20)21-4)7-17-19(8)13-11(16)5-9(15)6-12(13)18(2)3/h5-7H,1-4H3. The number of hydrogen-bond acceptors (Lipinski definition) is 4. The highest BCUT2D eigenvalue weighted by molar-refractivity contribution is 5.90. The van der Waals surface area contributed by atoms with Crippen molar-refractivity contribution in [2.24, 2.45) is 0 Å². The minimum Gasteiger partial charge on any atom is -0.465 e. The van der Waals surface area contributed by atoms with Crippen LogP contribution in [0.2, 0.25) is 0 Å². The summed E-state index contributed by atoms with van der Waals surface area (Å²) < 4.78 is 33.5. The van der Waals surface area contributed by atoms with E-state index in [9.17, 15) is 13.6 Å². The van der Waals surface area contributed by atoms with Gasteiger partial charge >= 0.3 is 5.97 Å². The number of methoxy groups -OCH3 is 1. The van der Waals surface area contributed by atoms with Gasteiger partial charge in [-0.05, 0) is 13.0 Å². The first-order chi connectivity index (χ1) is 9.86. The Kier molecular flexibility index (Phi) is 3.93. The summed E-state index contributed by atoms with van der Waals surface area (Å²) in [5.74, 6) is -2.01. The van der Waals surface area contributed by atoms with Crippen molar-refractivity contribution in [2.45, 2.75) is 6.92 Å². The molecule has 0 N–H and O–H groups in total. The molecule has 2 aromatic rings. The monoisotopic (exact) mass is 295 g/mol. The Morgan fingerprint density at radius 2 is 2.00 bits per heavy atom. The van der Waals surface area contributed by atoms with E-state index >= 15 is 0 Å². The second-order valence-electron chi connectivity index (χ2n) is 4.70. The molecule has 0 saturated heterocycles. The molecule has 5 nitrogen and oxygen atoms in total. The van der Waals surface area contributed by atoms with Crippen LogP contribution in [0.1, 0.15) is 16.1 Å². The van der Waals surface area contributed by atoms with Crippen LogP contribution in [0.3, 0.4) is 0 Å². The Balaban J connectivity index is 2.68. The van der Waals surface area contributed by atoms with E-state index in [2.05, 4.69) is 9.84 Å². The average Bonchev–Trinajstić information content (AvgIpc) is 2.78. The van der Waals surface area contributed by atoms with Crippen LogP contribution in [0.4, 0.5) is 14.5 Å². The molecule has 0 aliphatic carbocycles. The summed E-state index contributed by atoms with van der Waals surface area (Å²) in [5.41, 5.74) is 1.03. The van der Waals surface area contributed by atoms with Gasteiger partial charge in [0.2, 0.25) is 0 Å². The second kappa shape index (κ2) is 5.51. The predicted molar refractivity (Wildman–Crippen MR) is 73.9 cm³/mol. The van der Waals surface area contributed by atoms with Crippen LogP contribution in [0.15, 0.2) is 18.3 Å². The lowest BCUT2D eigenvalue weighted by molar-refractivity contribution is 0.0600. The quantitative estimate of drug-likeness (QED) is 0.815. The van der Waals surface area contributed by atoms with Crippen molar-refractivity contribution >= 4 is 11.7 Å². The molecule has 21 heavy (non-hydrogen) atoms. The van der Waals surface area contributed by atoms with E-state index in [1.807, 2.05) is 0 Å². The number of carbonyl (C=O) groups is 1. The summed E-state index contributed by atoms with van der Waals surface area (Å²) in [7, 11) is 4.58. The summed E-state index contributed by atoms with van der Waals surface area (Å²) in [6.45, 7) is 1.61. The first kappa shape index (κ1) is 15.0. The fraction of sp³-hybridized carbons (Fsp3) is 0.286. The van der Waals surface area contributed by atoms with E-state index in [1.165, 1.54) is 24.1 Å². The lowest BCUT2D eigenvalue weighted by atomic mass is 10.2. The number of benzene rings is 1. The number of halogens is 2. The molecule has 0 aliphatic heterocycles. The average molecular weight is 295 g/mol. The van der Waals surface area contributed by atoms with Gasteiger partial charge in [0.1, 0.15) is 17.1 Å². The first-order valence-corrected chi connectivity index (χ1v) is 6.16. The third-order valence-electron chi connectivity index (χ3n) is 3.12. The number of aromatic nitrogens is 2. The number of anilines is 1. The molecule has 0 fully saturated rings. The SMILES string of the molecule is COC(=O)c1cnn(-c2c(F)cc(F)cc2N(C)C)c1C. The van der Waals surface area contributed by atoms with Crippen molar-refractivity contribution in [1.29, 1.82) is 0 Å². The fourth-order valence-corrected chi connectivity index (χ4v) is 2.05. The topological polar surface area (TPSA) is 47.4 Å². The minimum atomic E-state index is -0.763. The lowest BCUT2D eigenvalue weighted by Crippen LogP contribution is -2.15. The maximum Gasteiger partial charge on any atom is 0.341 e. The summed E-state index contributed by atoms with van der Waals surface area (Å²) >= 11 is 0. The molecule has 112 valence electrons. The largest absolute Gasteiger partial charge is 0.465 e. The van der Waals surface area contributed by atoms with Crippen LogP contribution in [0.5, 0.6) is 0 Å². The molecule has 1 aromatic carbocycles. The summed E-state index contributed by atoms with van der Waals surface area (Å²) in [4.78, 5) is 13.2. The molecule has 0 amide bonds. The van der Waals surface area contributed by atoms with Gasteiger partial charge in [-0.25, -0.2) is 18.3 Å². The number of esters is 1. The summed E-state index contributed by atoms with van der Waals surface area (Å²) in [6, 6.07) is 1.98. The Hall–Kier alpha value is -2.44. The molecular formula is C14H15F2N3O2. The van der Waals surface area contributed by atoms with Gasteiger partial charge in [0.05, 0.1) is 24.7 Å². The van der Waals surface area contributed by atoms with E-state index in [0.717, 1.165) is 6.07 Å². The van der Waals surface area contributed by atoms with E-state index in [-0.39, 0.29) is 11.3 Å². The molecule has 7 heteroatoms. The van der Waals surface area contributed by atoms with Crippen LogP contribution < -0.4 is 4.90 Å². The zero-order chi connectivity index (χ0) is 15.7. The first-order valence-electron chi connectivity index (χ1n) is 6.16. The minimum absolute atomic E-state index is 0.0778. The van der Waals surface area contributed by atoms with Crippen LogP contribution in [0.25, 0.3) is 5.69 Å². The normalized spacial score (nSPS) is 10.6. The van der Waals surface area contributed by atoms with Crippen LogP contribution in [-0.2, 0) is 4.74 Å². The molecule has 0 bridgehead atoms. The zero-order valence-corrected chi connectivity index (χ0v) is 12.1. The summed E-state index contributed by atoms with van der Waals surface area (Å²) in [6.07, 6.45) is 1.30. The summed E-state index contributed by atoms with van der Waals surface area (Å²) in [5, 5.41) is 4.02. The van der Waals surface area contributed by atoms with E-state index in [0.29, 0.717) is 11.4 Å². The molecule has 0 saturated carbocycles. The Bertz CT molecular complexity index is 696. The fourth-order valence-electron chi connectivity index (χ4n) is 2.05. The molecule has 0 atom stereocenters. The molecule has 2 rings (SSSR count). The van der Waals surface area contributed by atoms with E-state index in [4.69, 9.17) is 0 Å². The third-order valence-corrected chi connectivity index (χ3v) is 3.12. The van der Waals surface area contributed by atoms with Crippen LogP contribution in [0, 0.1) is 18.6 Å². The number of nitrogens with zero attached hydrogens (tertiary/aromatic N) is 3. The Morgan fingerprint density at radius 3 is 2.57 bits per heavy atom. The van der Waals surface area contributed by atoms with Gasteiger partial charge in [-0.3, -0.25) is 0 Å². The smallest absolute Gasteiger partial charge is 0.341 e. The molecule has 1 aromatic heterocycles. The number of carbonyl (C=O) groups excluding carboxylic acids is 1. The molecule has 0 spiro atoms. The van der Waals surface area contributed by atoms with E-state index < -0.39 is 17.6 Å². The van der Waals surface area contributed by atoms with Crippen molar-refractivity contribution in [3.8, 4) is 5.69 Å². The Labute approximate surface area is 120 Å². The molecule has 0 radical (unpaired) electrons. The van der Waals surface area contributed by atoms with Gasteiger partial charge in [-0.15, -0.1) is 0 Å². The maximum atomic E-state index is 14.2. The number of hydrogen-bond donors (Lipinski definition) is 0. The van der Waals surface area contributed by atoms with Gasteiger partial charge in [-0.1, -0.05) is 0 Å². The highest BCUT2D eigenvalue weighted by Crippen LogP contribution is 2.28. The molecule has 0 aliphatic rings. The van der Waals surface area contributed by atoms with Gasteiger partial charge < -0.3 is 9.64 Å². The highest BCUT2D eigenvalue weighted by Gasteiger charge is 2.21. The van der Waals surface area contributed by atoms with Gasteiger partial charge in [0.15, 0.2) is 5.82 Å². The lowest BCUT2D eigenvalue weighted by Gasteiger charge is -2.19. The maximum absolute atomic E-state index is 14.2. The van der Waals surface area contributed by atoms with Crippen molar-refractivity contribution in [2.75, 3.05) is 26.1 Å². The zero-order valence-electron chi connectivity index (χ0n) is 12.1. The van der Waals surface area contributed by atoms with Crippen molar-refractivity contribution in [3.63, 3.8) is 0 Å². The third kappa shape index (κ3) is 2.58. The predicted octanol–water partition coefficient (Wildman–Crippen LogP) is 2.31. The van der Waals surface area contributed by atoms with E-state index in [1.54, 1.807) is 25.9 Å². The molecule has 0 unspecified atom stereocenters. The van der Waals surface area contributed by atoms with Gasteiger partial charge in [0, 0.05) is 20.2 Å². The second-order valence-corrected chi connectivity index (χ2v) is 4.70. The molecular weight excluding hydrogens is 280 g/mol. The number of rotatable bonds is 3. The Morgan fingerprint density at radius 1 is 1.33 bits per heavy atom. The highest BCUT2D eigenvalue weighted by atomic mass is 19.1. The van der Waals surface area contributed by atoms with Crippen molar-refractivity contribution < 1.29 is 18.3 Å². The van der Waals surface area contributed by atoms with Crippen molar-refractivity contribution in [1.82, 2.24) is 9.78 Å².